The zero-order valence-corrected chi connectivity index (χ0v) is 18.2. The second-order valence-electron chi connectivity index (χ2n) is 9.36. The van der Waals surface area contributed by atoms with Gasteiger partial charge in [-0.15, -0.1) is 0 Å². The molecule has 0 bridgehead atoms. The largest absolute Gasteiger partial charge is 0.462 e. The van der Waals surface area contributed by atoms with Crippen LogP contribution in [0, 0.1) is 29.6 Å². The normalized spacial score (nSPS) is 37.9. The summed E-state index contributed by atoms with van der Waals surface area (Å²) >= 11 is 0. The Hall–Kier alpha value is -1.62. The molecular formula is C24H36O5. The Bertz CT molecular complexity index is 666. The van der Waals surface area contributed by atoms with Crippen LogP contribution in [0.5, 0.6) is 0 Å². The van der Waals surface area contributed by atoms with Crippen LogP contribution >= 0.6 is 0 Å². The van der Waals surface area contributed by atoms with Gasteiger partial charge in [0.25, 0.3) is 0 Å². The van der Waals surface area contributed by atoms with Crippen LogP contribution < -0.4 is 0 Å². The molecular weight excluding hydrogens is 368 g/mol. The monoisotopic (exact) mass is 404 g/mol. The number of ether oxygens (including phenoxy) is 2. The molecule has 0 saturated carbocycles. The Labute approximate surface area is 174 Å². The van der Waals surface area contributed by atoms with Gasteiger partial charge in [-0.05, 0) is 49.0 Å². The summed E-state index contributed by atoms with van der Waals surface area (Å²) in [6.07, 6.45) is 9.70. The minimum absolute atomic E-state index is 0.0854. The van der Waals surface area contributed by atoms with Crippen molar-refractivity contribution in [2.75, 3.05) is 0 Å². The van der Waals surface area contributed by atoms with Gasteiger partial charge in [-0.25, -0.2) is 0 Å². The van der Waals surface area contributed by atoms with E-state index in [1.165, 1.54) is 5.57 Å². The van der Waals surface area contributed by atoms with E-state index in [9.17, 15) is 14.7 Å². The van der Waals surface area contributed by atoms with E-state index in [1.54, 1.807) is 0 Å². The number of carbonyl (C=O) groups excluding carboxylic acids is 2. The number of aliphatic hydroxyl groups excluding tert-OH is 1. The molecule has 0 spiro atoms. The number of hydrogen-bond acceptors (Lipinski definition) is 5. The van der Waals surface area contributed by atoms with E-state index in [-0.39, 0.29) is 42.4 Å². The molecule has 0 aromatic heterocycles. The van der Waals surface area contributed by atoms with Crippen LogP contribution in [0.3, 0.4) is 0 Å². The van der Waals surface area contributed by atoms with Gasteiger partial charge in [0.15, 0.2) is 0 Å². The van der Waals surface area contributed by atoms with Crippen LogP contribution in [0.2, 0.25) is 0 Å². The first-order chi connectivity index (χ1) is 13.8. The summed E-state index contributed by atoms with van der Waals surface area (Å²) in [6.45, 7) is 8.33. The topological polar surface area (TPSA) is 72.8 Å². The molecule has 5 heteroatoms. The standard InChI is InChI=1S/C24H36O5/c1-5-15(3)24(27)29-21-11-14(2)10-17-7-6-16(4)20(23(17)21)9-8-19-12-18(25)13-22(26)28-19/h6-7,10,14-16,18-21,23,25H,5,8-9,11-13H2,1-4H3/t14-,15+,16+,18-,19-,20+,21+,23-/m1/s1. The number of allylic oxidation sites excluding steroid dienone is 3. The fourth-order valence-electron chi connectivity index (χ4n) is 5.07. The van der Waals surface area contributed by atoms with Crippen molar-refractivity contribution in [3.63, 3.8) is 0 Å². The number of cyclic esters (lactones) is 1. The lowest BCUT2D eigenvalue weighted by Crippen LogP contribution is -2.42. The number of fused-ring (bicyclic) bond motifs is 1. The quantitative estimate of drug-likeness (QED) is 0.672. The maximum Gasteiger partial charge on any atom is 0.308 e. The molecule has 3 aliphatic rings. The van der Waals surface area contributed by atoms with Crippen molar-refractivity contribution < 1.29 is 24.2 Å². The van der Waals surface area contributed by atoms with Gasteiger partial charge in [-0.1, -0.05) is 45.9 Å². The van der Waals surface area contributed by atoms with Crippen molar-refractivity contribution in [1.29, 1.82) is 0 Å². The third kappa shape index (κ3) is 5.30. The second kappa shape index (κ2) is 9.46. The van der Waals surface area contributed by atoms with E-state index in [4.69, 9.17) is 9.47 Å². The van der Waals surface area contributed by atoms with Crippen molar-refractivity contribution in [2.45, 2.75) is 84.5 Å². The van der Waals surface area contributed by atoms with Crippen LogP contribution in [0.25, 0.3) is 0 Å². The highest BCUT2D eigenvalue weighted by atomic mass is 16.5. The first-order valence-corrected chi connectivity index (χ1v) is 11.3. The molecule has 8 atom stereocenters. The predicted octanol–water partition coefficient (Wildman–Crippen LogP) is 4.20. The molecule has 3 rings (SSSR count). The number of carbonyl (C=O) groups is 2. The van der Waals surface area contributed by atoms with E-state index in [2.05, 4.69) is 32.1 Å². The Kier molecular flexibility index (Phi) is 7.20. The first kappa shape index (κ1) is 22.1. The molecule has 162 valence electrons. The SMILES string of the molecule is CC[C@H](C)C(=O)O[C@H]1C[C@H](C)C=C2C=C[C@H](C)[C@H](CC[C@@H]3C[C@@H](O)CC(=O)O3)[C@@H]21. The fraction of sp³-hybridized carbons (Fsp3) is 0.750. The van der Waals surface area contributed by atoms with Crippen molar-refractivity contribution in [2.24, 2.45) is 29.6 Å². The van der Waals surface area contributed by atoms with Crippen LogP contribution in [-0.2, 0) is 19.1 Å². The van der Waals surface area contributed by atoms with Crippen molar-refractivity contribution in [1.82, 2.24) is 0 Å². The molecule has 0 aromatic carbocycles. The van der Waals surface area contributed by atoms with Gasteiger partial charge in [0, 0.05) is 12.3 Å². The summed E-state index contributed by atoms with van der Waals surface area (Å²) in [7, 11) is 0. The molecule has 1 heterocycles. The highest BCUT2D eigenvalue weighted by Gasteiger charge is 2.42. The molecule has 0 radical (unpaired) electrons. The van der Waals surface area contributed by atoms with Gasteiger partial charge in [-0.3, -0.25) is 9.59 Å². The van der Waals surface area contributed by atoms with E-state index in [1.807, 2.05) is 13.8 Å². The Morgan fingerprint density at radius 2 is 2.07 bits per heavy atom. The van der Waals surface area contributed by atoms with Gasteiger partial charge >= 0.3 is 11.9 Å². The lowest BCUT2D eigenvalue weighted by Gasteiger charge is -2.43. The molecule has 1 N–H and O–H groups in total. The Balaban J connectivity index is 1.74. The first-order valence-electron chi connectivity index (χ1n) is 11.3. The fourth-order valence-corrected chi connectivity index (χ4v) is 5.07. The molecule has 1 saturated heterocycles. The van der Waals surface area contributed by atoms with Crippen LogP contribution in [0.4, 0.5) is 0 Å². The Morgan fingerprint density at radius 3 is 2.76 bits per heavy atom. The smallest absolute Gasteiger partial charge is 0.308 e. The van der Waals surface area contributed by atoms with Crippen LogP contribution in [-0.4, -0.2) is 35.4 Å². The van der Waals surface area contributed by atoms with Crippen molar-refractivity contribution in [3.05, 3.63) is 23.8 Å². The molecule has 0 aromatic rings. The molecule has 5 nitrogen and oxygen atoms in total. The summed E-state index contributed by atoms with van der Waals surface area (Å²) in [5.74, 6) is 0.755. The number of esters is 2. The van der Waals surface area contributed by atoms with Gasteiger partial charge in [0.2, 0.25) is 0 Å². The summed E-state index contributed by atoms with van der Waals surface area (Å²) in [6, 6.07) is 0. The average Bonchev–Trinajstić information content (AvgIpc) is 2.65. The molecule has 0 amide bonds. The lowest BCUT2D eigenvalue weighted by atomic mass is 9.65. The van der Waals surface area contributed by atoms with Gasteiger partial charge < -0.3 is 14.6 Å². The highest BCUT2D eigenvalue weighted by Crippen LogP contribution is 2.45. The second-order valence-corrected chi connectivity index (χ2v) is 9.36. The molecule has 1 fully saturated rings. The molecule has 0 unspecified atom stereocenters. The third-order valence-corrected chi connectivity index (χ3v) is 6.93. The van der Waals surface area contributed by atoms with E-state index >= 15 is 0 Å². The van der Waals surface area contributed by atoms with E-state index < -0.39 is 6.10 Å². The third-order valence-electron chi connectivity index (χ3n) is 6.93. The van der Waals surface area contributed by atoms with E-state index in [0.29, 0.717) is 24.2 Å². The molecule has 2 aliphatic carbocycles. The highest BCUT2D eigenvalue weighted by molar-refractivity contribution is 5.72. The number of hydrogen-bond donors (Lipinski definition) is 1. The Morgan fingerprint density at radius 1 is 1.31 bits per heavy atom. The van der Waals surface area contributed by atoms with Crippen molar-refractivity contribution in [3.8, 4) is 0 Å². The minimum Gasteiger partial charge on any atom is -0.462 e. The molecule has 1 aliphatic heterocycles. The predicted molar refractivity (Wildman–Crippen MR) is 111 cm³/mol. The molecule has 29 heavy (non-hydrogen) atoms. The zero-order chi connectivity index (χ0) is 21.1. The van der Waals surface area contributed by atoms with Crippen LogP contribution in [0.1, 0.15) is 66.2 Å². The summed E-state index contributed by atoms with van der Waals surface area (Å²) in [5, 5.41) is 9.89. The lowest BCUT2D eigenvalue weighted by molar-refractivity contribution is -0.162. The van der Waals surface area contributed by atoms with Crippen LogP contribution in [0.15, 0.2) is 23.8 Å². The number of aliphatic hydroxyl groups is 1. The maximum atomic E-state index is 12.5. The minimum atomic E-state index is -0.597. The summed E-state index contributed by atoms with van der Waals surface area (Å²) in [4.78, 5) is 24.2. The average molecular weight is 405 g/mol. The summed E-state index contributed by atoms with van der Waals surface area (Å²) in [5.41, 5.74) is 1.27. The van der Waals surface area contributed by atoms with Crippen molar-refractivity contribution >= 4 is 11.9 Å². The van der Waals surface area contributed by atoms with Gasteiger partial charge in [0.1, 0.15) is 12.2 Å². The summed E-state index contributed by atoms with van der Waals surface area (Å²) < 4.78 is 11.5. The number of rotatable bonds is 6. The van der Waals surface area contributed by atoms with E-state index in [0.717, 1.165) is 25.7 Å². The van der Waals surface area contributed by atoms with Gasteiger partial charge in [0.05, 0.1) is 18.4 Å². The zero-order valence-electron chi connectivity index (χ0n) is 18.2. The maximum absolute atomic E-state index is 12.5. The van der Waals surface area contributed by atoms with Gasteiger partial charge in [-0.2, -0.15) is 0 Å².